The van der Waals surface area contributed by atoms with Gasteiger partial charge in [0.25, 0.3) is 0 Å². The van der Waals surface area contributed by atoms with Crippen LogP contribution in [0.2, 0.25) is 10.0 Å². The quantitative estimate of drug-likeness (QED) is 0.128. The smallest absolute Gasteiger partial charge is 0.399 e. The van der Waals surface area contributed by atoms with E-state index in [0.29, 0.717) is 80.1 Å². The SMILES string of the molecule is CO/N=C(\COCc1cc(C(F)(F)F)cc(C(F)(F)F)c1)C(CCN1CCN(CC(=O)NCC2CCCCO2)CC1)c1ccc(Cl)c(Cl)c1. The van der Waals surface area contributed by atoms with Gasteiger partial charge in [0, 0.05) is 45.2 Å². The lowest BCUT2D eigenvalue weighted by Crippen LogP contribution is -2.50. The molecule has 2 aliphatic rings. The highest BCUT2D eigenvalue weighted by Crippen LogP contribution is 2.37. The number of halogens is 8. The number of carbonyl (C=O) groups excluding carboxylic acids is 1. The summed E-state index contributed by atoms with van der Waals surface area (Å²) in [5, 5.41) is 7.74. The molecule has 2 atom stereocenters. The minimum Gasteiger partial charge on any atom is -0.399 e. The van der Waals surface area contributed by atoms with Crippen LogP contribution in [0, 0.1) is 0 Å². The van der Waals surface area contributed by atoms with Crippen molar-refractivity contribution < 1.29 is 45.4 Å². The predicted molar refractivity (Wildman–Crippen MR) is 174 cm³/mol. The highest BCUT2D eigenvalue weighted by atomic mass is 35.5. The number of amides is 1. The van der Waals surface area contributed by atoms with Crippen LogP contribution in [-0.2, 0) is 38.1 Å². The number of alkyl halides is 6. The van der Waals surface area contributed by atoms with Crippen molar-refractivity contribution in [1.29, 1.82) is 0 Å². The maximum Gasteiger partial charge on any atom is 0.416 e. The van der Waals surface area contributed by atoms with Crippen LogP contribution in [0.4, 0.5) is 26.3 Å². The lowest BCUT2D eigenvalue weighted by molar-refractivity contribution is -0.143. The predicted octanol–water partition coefficient (Wildman–Crippen LogP) is 7.03. The highest BCUT2D eigenvalue weighted by molar-refractivity contribution is 6.42. The molecule has 16 heteroatoms. The van der Waals surface area contributed by atoms with Gasteiger partial charge in [0.15, 0.2) is 0 Å². The average Bonchev–Trinajstić information content (AvgIpc) is 3.05. The van der Waals surface area contributed by atoms with Crippen LogP contribution in [0.25, 0.3) is 0 Å². The van der Waals surface area contributed by atoms with E-state index >= 15 is 0 Å². The highest BCUT2D eigenvalue weighted by Gasteiger charge is 2.37. The topological polar surface area (TPSA) is 75.6 Å². The molecule has 0 aromatic heterocycles. The van der Waals surface area contributed by atoms with E-state index in [1.165, 1.54) is 7.11 Å². The van der Waals surface area contributed by atoms with Gasteiger partial charge < -0.3 is 24.5 Å². The van der Waals surface area contributed by atoms with E-state index in [1.807, 2.05) is 0 Å². The second kappa shape index (κ2) is 18.0. The number of nitrogens with zero attached hydrogens (tertiary/aromatic N) is 3. The van der Waals surface area contributed by atoms with Crippen molar-refractivity contribution in [1.82, 2.24) is 15.1 Å². The van der Waals surface area contributed by atoms with Gasteiger partial charge in [0.1, 0.15) is 7.11 Å². The first-order valence-corrected chi connectivity index (χ1v) is 16.7. The Balaban J connectivity index is 1.38. The van der Waals surface area contributed by atoms with Gasteiger partial charge >= 0.3 is 12.4 Å². The summed E-state index contributed by atoms with van der Waals surface area (Å²) >= 11 is 12.5. The Hall–Kier alpha value is -2.62. The molecule has 2 heterocycles. The van der Waals surface area contributed by atoms with Crippen molar-refractivity contribution >= 4 is 34.8 Å². The number of nitrogens with one attached hydrogen (secondary N) is 1. The summed E-state index contributed by atoms with van der Waals surface area (Å²) in [4.78, 5) is 21.9. The lowest BCUT2D eigenvalue weighted by Gasteiger charge is -2.35. The van der Waals surface area contributed by atoms with Crippen molar-refractivity contribution in [2.45, 2.75) is 56.7 Å². The van der Waals surface area contributed by atoms with E-state index in [-0.39, 0.29) is 30.2 Å². The van der Waals surface area contributed by atoms with Crippen molar-refractivity contribution in [3.63, 3.8) is 0 Å². The zero-order chi connectivity index (χ0) is 35.6. The molecule has 2 fully saturated rings. The summed E-state index contributed by atoms with van der Waals surface area (Å²) in [6.45, 7) is 4.14. The molecule has 1 amide bonds. The van der Waals surface area contributed by atoms with E-state index in [2.05, 4.69) is 20.3 Å². The Kier molecular flexibility index (Phi) is 14.4. The summed E-state index contributed by atoms with van der Waals surface area (Å²) in [7, 11) is 1.33. The number of oxime groups is 1. The summed E-state index contributed by atoms with van der Waals surface area (Å²) in [6.07, 6.45) is -6.27. The molecule has 1 N–H and O–H groups in total. The van der Waals surface area contributed by atoms with E-state index in [9.17, 15) is 31.1 Å². The maximum atomic E-state index is 13.4. The van der Waals surface area contributed by atoms with Gasteiger partial charge in [-0.2, -0.15) is 26.3 Å². The zero-order valence-corrected chi connectivity index (χ0v) is 28.5. The minimum absolute atomic E-state index is 0.0394. The van der Waals surface area contributed by atoms with Crippen molar-refractivity contribution in [3.05, 3.63) is 68.7 Å². The van der Waals surface area contributed by atoms with Crippen molar-refractivity contribution in [3.8, 4) is 0 Å². The molecular formula is C33H40Cl2F6N4O4. The maximum absolute atomic E-state index is 13.4. The third-order valence-electron chi connectivity index (χ3n) is 8.49. The summed E-state index contributed by atoms with van der Waals surface area (Å²) < 4.78 is 91.5. The monoisotopic (exact) mass is 740 g/mol. The van der Waals surface area contributed by atoms with Crippen LogP contribution in [0.5, 0.6) is 0 Å². The molecular weight excluding hydrogens is 701 g/mol. The number of hydrogen-bond acceptors (Lipinski definition) is 7. The molecule has 272 valence electrons. The summed E-state index contributed by atoms with van der Waals surface area (Å²) in [5.74, 6) is -0.477. The van der Waals surface area contributed by atoms with Gasteiger partial charge in [-0.25, -0.2) is 0 Å². The van der Waals surface area contributed by atoms with Gasteiger partial charge in [0.2, 0.25) is 5.91 Å². The fourth-order valence-corrected chi connectivity index (χ4v) is 6.18. The fraction of sp³-hybridized carbons (Fsp3) is 0.576. The van der Waals surface area contributed by atoms with Crippen molar-refractivity contribution in [2.75, 3.05) is 66.1 Å². The van der Waals surface area contributed by atoms with Gasteiger partial charge in [-0.05, 0) is 73.7 Å². The lowest BCUT2D eigenvalue weighted by atomic mass is 9.90. The Morgan fingerprint density at radius 2 is 1.65 bits per heavy atom. The molecule has 0 saturated carbocycles. The summed E-state index contributed by atoms with van der Waals surface area (Å²) in [6, 6.07) is 6.41. The second-order valence-corrected chi connectivity index (χ2v) is 12.9. The van der Waals surface area contributed by atoms with Gasteiger partial charge in [-0.3, -0.25) is 9.69 Å². The fourth-order valence-electron chi connectivity index (χ4n) is 5.88. The van der Waals surface area contributed by atoms with Crippen molar-refractivity contribution in [2.24, 2.45) is 5.16 Å². The van der Waals surface area contributed by atoms with Crippen LogP contribution in [0.1, 0.15) is 53.9 Å². The Bertz CT molecular complexity index is 1380. The Morgan fingerprint density at radius 1 is 0.980 bits per heavy atom. The van der Waals surface area contributed by atoms with E-state index in [4.69, 9.17) is 37.5 Å². The average molecular weight is 742 g/mol. The third-order valence-corrected chi connectivity index (χ3v) is 9.23. The van der Waals surface area contributed by atoms with E-state index < -0.39 is 36.0 Å². The molecule has 2 unspecified atom stereocenters. The number of benzene rings is 2. The van der Waals surface area contributed by atoms with Crippen LogP contribution in [0.3, 0.4) is 0 Å². The minimum atomic E-state index is -4.97. The summed E-state index contributed by atoms with van der Waals surface area (Å²) in [5.41, 5.74) is -2.05. The molecule has 2 saturated heterocycles. The van der Waals surface area contributed by atoms with Gasteiger partial charge in [-0.15, -0.1) is 0 Å². The van der Waals surface area contributed by atoms with Crippen LogP contribution in [-0.4, -0.2) is 93.7 Å². The van der Waals surface area contributed by atoms with Gasteiger partial charge in [-0.1, -0.05) is 34.4 Å². The molecule has 0 radical (unpaired) electrons. The van der Waals surface area contributed by atoms with E-state index in [0.717, 1.165) is 31.4 Å². The first kappa shape index (κ1) is 39.2. The van der Waals surface area contributed by atoms with Crippen LogP contribution in [0.15, 0.2) is 41.6 Å². The molecule has 2 aromatic rings. The number of piperazine rings is 1. The largest absolute Gasteiger partial charge is 0.416 e. The first-order chi connectivity index (χ1) is 23.2. The molecule has 0 aliphatic carbocycles. The molecule has 0 bridgehead atoms. The second-order valence-electron chi connectivity index (χ2n) is 12.1. The molecule has 2 aromatic carbocycles. The first-order valence-electron chi connectivity index (χ1n) is 16.0. The number of ether oxygens (including phenoxy) is 2. The molecule has 49 heavy (non-hydrogen) atoms. The number of hydrogen-bond donors (Lipinski definition) is 1. The van der Waals surface area contributed by atoms with Crippen LogP contribution < -0.4 is 5.32 Å². The molecule has 0 spiro atoms. The molecule has 8 nitrogen and oxygen atoms in total. The van der Waals surface area contributed by atoms with E-state index in [1.54, 1.807) is 18.2 Å². The third kappa shape index (κ3) is 12.3. The zero-order valence-electron chi connectivity index (χ0n) is 27.0. The standard InChI is InChI=1S/C33H40Cl2F6N4O4/c1-47-43-30(21-48-20-22-14-24(32(36,37)38)17-25(15-22)33(39,40)41)27(23-5-6-28(34)29(35)16-23)7-8-44-9-11-45(12-10-44)19-31(46)42-18-26-4-2-3-13-49-26/h5-6,14-17,26-27H,2-4,7-13,18-21H2,1H3,(H,42,46)/b43-30+. The molecule has 2 aliphatic heterocycles. The Labute approximate surface area is 291 Å². The molecule has 4 rings (SSSR count). The number of carbonyl (C=O) groups is 1. The van der Waals surface area contributed by atoms with Crippen LogP contribution >= 0.6 is 23.2 Å². The Morgan fingerprint density at radius 3 is 2.24 bits per heavy atom. The number of rotatable bonds is 14. The van der Waals surface area contributed by atoms with Gasteiger partial charge in [0.05, 0.1) is 52.7 Å². The normalized spacial score (nSPS) is 19.1.